The number of aliphatic hydroxyl groups excluding tert-OH is 6. The van der Waals surface area contributed by atoms with Gasteiger partial charge in [-0.1, -0.05) is 94.4 Å². The average Bonchev–Trinajstić information content (AvgIpc) is 1.64. The number of rotatable bonds is 10. The normalized spacial score (nSPS) is 44.3. The largest absolute Gasteiger partial charge is 0.511 e. The molecule has 4 aliphatic heterocycles. The van der Waals surface area contributed by atoms with Crippen LogP contribution in [0.1, 0.15) is 140 Å². The van der Waals surface area contributed by atoms with Crippen molar-refractivity contribution in [2.75, 3.05) is 25.6 Å². The molecule has 4 heterocycles. The minimum Gasteiger partial charge on any atom is -0.511 e. The van der Waals surface area contributed by atoms with E-state index in [1.54, 1.807) is 30.4 Å². The number of allylic oxidation sites excluding steroid dienone is 6. The zero-order chi connectivity index (χ0) is 59.7. The van der Waals surface area contributed by atoms with E-state index in [1.807, 2.05) is 24.3 Å². The van der Waals surface area contributed by atoms with E-state index >= 15 is 9.59 Å². The summed E-state index contributed by atoms with van der Waals surface area (Å²) >= 11 is 0. The minimum atomic E-state index is -2.37. The zero-order valence-corrected chi connectivity index (χ0v) is 51.0. The number of carbonyl (C=O) groups excluding carboxylic acids is 3. The molecule has 0 amide bonds. The predicted molar refractivity (Wildman–Crippen MR) is 329 cm³/mol. The maximum atomic E-state index is 16.4. The monoisotopic (exact) mass is 1220 g/mol. The van der Waals surface area contributed by atoms with Crippen LogP contribution in [0.3, 0.4) is 0 Å². The lowest BCUT2D eigenvalue weighted by Gasteiger charge is -2.72. The molecule has 14 aliphatic rings. The molecule has 2 saturated heterocycles. The first-order chi connectivity index (χ1) is 42.1. The molecule has 0 unspecified atom stereocenters. The van der Waals surface area contributed by atoms with Crippen molar-refractivity contribution in [2.24, 2.45) is 74.4 Å². The summed E-state index contributed by atoms with van der Waals surface area (Å²) in [5.74, 6) is -4.74. The molecular weight excluding hydrogens is 1140 g/mol. The smallest absolute Gasteiger partial charge is 0.240 e. The quantitative estimate of drug-likeness (QED) is 0.0680. The van der Waals surface area contributed by atoms with Crippen LogP contribution in [0.2, 0.25) is 0 Å². The summed E-state index contributed by atoms with van der Waals surface area (Å²) in [5, 5.41) is 94.1. The maximum absolute atomic E-state index is 16.4. The van der Waals surface area contributed by atoms with Crippen LogP contribution in [0.5, 0.6) is 5.75 Å². The van der Waals surface area contributed by atoms with E-state index in [2.05, 4.69) is 47.0 Å². The van der Waals surface area contributed by atoms with Gasteiger partial charge in [0.25, 0.3) is 0 Å². The van der Waals surface area contributed by atoms with Gasteiger partial charge in [0.05, 0.1) is 36.4 Å². The van der Waals surface area contributed by atoms with E-state index in [-0.39, 0.29) is 89.6 Å². The Bertz CT molecular complexity index is 3500. The van der Waals surface area contributed by atoms with Crippen molar-refractivity contribution in [1.29, 1.82) is 0 Å². The molecule has 10 bridgehead atoms. The number of Topliss-reactive ketones (excluding diaryl/α,β-unsaturated/α-hetero) is 2. The second-order valence-corrected chi connectivity index (χ2v) is 32.3. The Morgan fingerprint density at radius 2 is 1.63 bits per heavy atom. The summed E-state index contributed by atoms with van der Waals surface area (Å²) in [6.07, 6.45) is 17.1. The van der Waals surface area contributed by atoms with Gasteiger partial charge in [0.15, 0.2) is 17.7 Å². The Labute approximate surface area is 516 Å². The molecule has 3 aromatic carbocycles. The third kappa shape index (κ3) is 7.96. The van der Waals surface area contributed by atoms with Crippen LogP contribution in [0.25, 0.3) is 0 Å². The van der Waals surface area contributed by atoms with Gasteiger partial charge in [-0.25, -0.2) is 0 Å². The van der Waals surface area contributed by atoms with Gasteiger partial charge in [0.1, 0.15) is 40.5 Å². The average molecular weight is 1220 g/mol. The number of aliphatic hydroxyl groups is 7. The number of nitrogens with one attached hydrogen (secondary N) is 2. The Morgan fingerprint density at radius 3 is 2.45 bits per heavy atom. The number of dihydropyridines is 1. The number of benzene rings is 3. The van der Waals surface area contributed by atoms with Crippen LogP contribution in [0.15, 0.2) is 119 Å². The van der Waals surface area contributed by atoms with E-state index in [0.29, 0.717) is 55.2 Å². The van der Waals surface area contributed by atoms with E-state index in [4.69, 9.17) is 9.47 Å². The van der Waals surface area contributed by atoms with Crippen molar-refractivity contribution in [2.45, 2.75) is 157 Å². The molecule has 0 aromatic heterocycles. The number of ketones is 2. The van der Waals surface area contributed by atoms with Gasteiger partial charge in [0, 0.05) is 47.6 Å². The van der Waals surface area contributed by atoms with Crippen LogP contribution >= 0.6 is 21.6 Å². The predicted octanol–water partition coefficient (Wildman–Crippen LogP) is 9.17. The van der Waals surface area contributed by atoms with Crippen molar-refractivity contribution in [3.63, 3.8) is 0 Å². The summed E-state index contributed by atoms with van der Waals surface area (Å²) in [5.41, 5.74) is -1.16. The number of hydrogen-bond donors (Lipinski definition) is 9. The first kappa shape index (κ1) is 57.4. The number of ether oxygens (including phenoxy) is 2. The van der Waals surface area contributed by atoms with Gasteiger partial charge in [-0.05, 0) is 207 Å². The fourth-order valence-electron chi connectivity index (χ4n) is 23.0. The lowest BCUT2D eigenvalue weighted by atomic mass is 9.42. The highest BCUT2D eigenvalue weighted by Crippen LogP contribution is 2.81. The standard InChI is InChI=1S/C71H82N2O12S2/c74-20-6-13-56-70-53(24-44(25-55(70)78)23-41-9-4-10-43(22-41)33-75)59(79)48-11-5-12-54(58(48)61(70)80)84-69-17-15-51-49-27-45-26-46-31-66(36-65(30-47(66)34-76)19-18-64(35-65)16-14-42(29-64)21-40-7-2-1-3-8-40)37-67(46,52-28-57(72-32-50(45)52)73-39-86-87-56)60(49)71(83,63(69)82)62(81)68(51,38-77)85-69/h1-5,7-12,22,24-25,28,34,42,45-47,49,51,53,56,60,62-63,72-75,77-78,81-83H,6,13-21,23,26-27,29-33,35-39H2/t42-,45-,46-,47-,49+,51-,53+,56-,60-,62+,63-,64-,65-,66-,67-,68-,69+,70-,71-/m0/s1. The molecule has 10 aliphatic carbocycles. The Kier molecular flexibility index (Phi) is 13.4. The van der Waals surface area contributed by atoms with E-state index in [0.717, 1.165) is 61.9 Å². The molecule has 14 nitrogen and oxygen atoms in total. The minimum absolute atomic E-state index is 0.000167. The topological polar surface area (TPSA) is 235 Å². The van der Waals surface area contributed by atoms with E-state index in [1.165, 1.54) is 64.7 Å². The van der Waals surface area contributed by atoms with Gasteiger partial charge in [-0.3, -0.25) is 9.59 Å². The maximum Gasteiger partial charge on any atom is 0.240 e. The molecule has 16 heteroatoms. The second-order valence-electron chi connectivity index (χ2n) is 29.7. The van der Waals surface area contributed by atoms with Crippen LogP contribution in [0, 0.1) is 74.4 Å². The fraction of sp³-hybridized carbons (Fsp3) is 0.592. The third-order valence-electron chi connectivity index (χ3n) is 25.8. The van der Waals surface area contributed by atoms with Crippen molar-refractivity contribution >= 4 is 39.4 Å². The molecule has 3 aromatic rings. The van der Waals surface area contributed by atoms with Gasteiger partial charge in [-0.2, -0.15) is 0 Å². The Morgan fingerprint density at radius 1 is 0.816 bits per heavy atom. The molecule has 9 N–H and O–H groups in total. The van der Waals surface area contributed by atoms with Crippen LogP contribution in [0.4, 0.5) is 0 Å². The number of aldehydes is 1. The van der Waals surface area contributed by atoms with E-state index in [9.17, 15) is 40.5 Å². The highest BCUT2D eigenvalue weighted by atomic mass is 33.1. The van der Waals surface area contributed by atoms with Crippen LogP contribution < -0.4 is 15.4 Å². The van der Waals surface area contributed by atoms with Gasteiger partial charge >= 0.3 is 0 Å². The molecule has 0 radical (unpaired) electrons. The van der Waals surface area contributed by atoms with Gasteiger partial charge in [-0.15, -0.1) is 0 Å². The Balaban J connectivity index is 0.827. The van der Waals surface area contributed by atoms with Gasteiger partial charge in [0.2, 0.25) is 5.79 Å². The number of carbonyl (C=O) groups is 3. The first-order valence-corrected chi connectivity index (χ1v) is 34.9. The first-order valence-electron chi connectivity index (χ1n) is 32.5. The lowest BCUT2D eigenvalue weighted by Crippen LogP contribution is -2.88. The fourth-order valence-corrected chi connectivity index (χ4v) is 25.8. The summed E-state index contributed by atoms with van der Waals surface area (Å²) in [4.78, 5) is 46.3. The van der Waals surface area contributed by atoms with Crippen LogP contribution in [-0.2, 0) is 29.0 Å². The van der Waals surface area contributed by atoms with Crippen LogP contribution in [-0.4, -0.2) is 114 Å². The number of hydrogen-bond acceptors (Lipinski definition) is 16. The van der Waals surface area contributed by atoms with Crippen molar-refractivity contribution < 1.29 is 59.6 Å². The SMILES string of the molecule is O=C[C@@H]1C[C@]2(CC[C@]3(CC[C@@H](Cc4ccccc4)C3)C2)C[C@]12C[C@@H]1C[C@H]3C[C@@H]4[C@@H]5CC[C@@]67Oc8cccc9c8C(=O)[C@@]8(C(O)=CC(Cc%10cccc(CO)c%10)=C[C@@H]8C9=O)[C@H](CCCO)SSCNC8=CC(=C3CN8)[C@@]1(C2)[C@H]4[C@](O)([C@H](O)[C@@]5(CO)O6)[C@H]7O. The zero-order valence-electron chi connectivity index (χ0n) is 49.3. The van der Waals surface area contributed by atoms with Crippen molar-refractivity contribution in [3.8, 4) is 5.75 Å². The lowest BCUT2D eigenvalue weighted by molar-refractivity contribution is -0.461. The summed E-state index contributed by atoms with van der Waals surface area (Å²) in [6.45, 7) is -0.516. The summed E-state index contributed by atoms with van der Waals surface area (Å²) < 4.78 is 14.4. The third-order valence-corrected chi connectivity index (χ3v) is 28.5. The highest BCUT2D eigenvalue weighted by molar-refractivity contribution is 8.76. The summed E-state index contributed by atoms with van der Waals surface area (Å²) in [7, 11) is 2.86. The highest BCUT2D eigenvalue weighted by Gasteiger charge is 2.84. The molecule has 17 rings (SSSR count). The molecule has 6 saturated carbocycles. The molecule has 6 spiro atoms. The Hall–Kier alpha value is -4.75. The van der Waals surface area contributed by atoms with Crippen molar-refractivity contribution in [3.05, 3.63) is 147 Å². The molecule has 19 atom stereocenters. The molecule has 460 valence electrons. The van der Waals surface area contributed by atoms with E-state index < -0.39 is 86.6 Å². The molecule has 87 heavy (non-hydrogen) atoms. The summed E-state index contributed by atoms with van der Waals surface area (Å²) in [6, 6.07) is 23.1. The molecule has 8 fully saturated rings. The molecular formula is C71H82N2O12S2. The van der Waals surface area contributed by atoms with Crippen molar-refractivity contribution in [1.82, 2.24) is 10.6 Å². The second kappa shape index (κ2) is 20.4. The van der Waals surface area contributed by atoms with Gasteiger partial charge < -0.3 is 60.6 Å².